The van der Waals surface area contributed by atoms with E-state index in [0.717, 1.165) is 32.1 Å². The highest BCUT2D eigenvalue weighted by atomic mass is 19.1. The molecule has 0 spiro atoms. The third kappa shape index (κ3) is 2.81. The summed E-state index contributed by atoms with van der Waals surface area (Å²) in [6.45, 7) is 0. The van der Waals surface area contributed by atoms with Crippen molar-refractivity contribution in [3.63, 3.8) is 0 Å². The minimum atomic E-state index is -0.616. The van der Waals surface area contributed by atoms with E-state index in [1.165, 1.54) is 18.2 Å². The molecular weight excluding hydrogens is 276 g/mol. The molecule has 2 N–H and O–H groups in total. The molecule has 4 nitrogen and oxygen atoms in total. The number of benzene rings is 1. The fourth-order valence-corrected chi connectivity index (χ4v) is 2.79. The first-order valence-electron chi connectivity index (χ1n) is 7.13. The van der Waals surface area contributed by atoms with Crippen LogP contribution < -0.4 is 5.73 Å². The maximum atomic E-state index is 13.6. The first-order valence-corrected chi connectivity index (χ1v) is 7.13. The Labute approximate surface area is 121 Å². The van der Waals surface area contributed by atoms with Gasteiger partial charge in [0.05, 0.1) is 12.0 Å². The van der Waals surface area contributed by atoms with Crippen molar-refractivity contribution in [2.45, 2.75) is 44.1 Å². The molecule has 0 atom stereocenters. The Bertz CT molecular complexity index is 615. The van der Waals surface area contributed by atoms with Crippen LogP contribution in [0, 0.1) is 11.6 Å². The molecule has 1 aromatic heterocycles. The van der Waals surface area contributed by atoms with E-state index in [9.17, 15) is 8.78 Å². The summed E-state index contributed by atoms with van der Waals surface area (Å²) in [5.41, 5.74) is 5.67. The molecule has 1 aliphatic rings. The topological polar surface area (TPSA) is 64.9 Å². The zero-order chi connectivity index (χ0) is 14.9. The first-order chi connectivity index (χ1) is 10.1. The molecule has 1 fully saturated rings. The lowest BCUT2D eigenvalue weighted by atomic mass is 9.82. The van der Waals surface area contributed by atoms with Crippen LogP contribution in [0.25, 0.3) is 0 Å². The van der Waals surface area contributed by atoms with Gasteiger partial charge in [0.25, 0.3) is 0 Å². The third-order valence-electron chi connectivity index (χ3n) is 4.05. The highest BCUT2D eigenvalue weighted by molar-refractivity contribution is 5.22. The molecule has 0 unspecified atom stereocenters. The minimum Gasteiger partial charge on any atom is -0.339 e. The van der Waals surface area contributed by atoms with Gasteiger partial charge < -0.3 is 10.3 Å². The lowest BCUT2D eigenvalue weighted by molar-refractivity contribution is 0.273. The molecular formula is C15H17F2N3O. The average molecular weight is 293 g/mol. The Morgan fingerprint density at radius 2 is 1.81 bits per heavy atom. The second-order valence-electron chi connectivity index (χ2n) is 5.61. The molecule has 21 heavy (non-hydrogen) atoms. The highest BCUT2D eigenvalue weighted by Crippen LogP contribution is 2.33. The van der Waals surface area contributed by atoms with Crippen LogP contribution in [0.2, 0.25) is 0 Å². The molecule has 1 saturated carbocycles. The second-order valence-corrected chi connectivity index (χ2v) is 5.61. The standard InChI is InChI=1S/C15H17F2N3O/c16-11-5-4-6-12(17)10(11)9-13-19-14(20-21-13)15(18)7-2-1-3-8-15/h4-6H,1-3,7-9,18H2. The Balaban J connectivity index is 1.82. The third-order valence-corrected chi connectivity index (χ3v) is 4.05. The molecule has 0 aliphatic heterocycles. The van der Waals surface area contributed by atoms with Gasteiger partial charge in [-0.3, -0.25) is 0 Å². The van der Waals surface area contributed by atoms with Gasteiger partial charge in [0.1, 0.15) is 11.6 Å². The van der Waals surface area contributed by atoms with Crippen LogP contribution in [0.15, 0.2) is 22.7 Å². The summed E-state index contributed by atoms with van der Waals surface area (Å²) in [5.74, 6) is -0.608. The summed E-state index contributed by atoms with van der Waals surface area (Å²) in [7, 11) is 0. The Morgan fingerprint density at radius 3 is 2.48 bits per heavy atom. The van der Waals surface area contributed by atoms with Gasteiger partial charge in [-0.05, 0) is 25.0 Å². The molecule has 1 heterocycles. The van der Waals surface area contributed by atoms with Crippen molar-refractivity contribution in [1.29, 1.82) is 0 Å². The van der Waals surface area contributed by atoms with Gasteiger partial charge in [0, 0.05) is 5.56 Å². The summed E-state index contributed by atoms with van der Waals surface area (Å²) >= 11 is 0. The van der Waals surface area contributed by atoms with E-state index in [0.29, 0.717) is 5.82 Å². The monoisotopic (exact) mass is 293 g/mol. The molecule has 6 heteroatoms. The molecule has 0 saturated heterocycles. The number of hydrogen-bond acceptors (Lipinski definition) is 4. The Hall–Kier alpha value is -1.82. The van der Waals surface area contributed by atoms with Crippen molar-refractivity contribution in [2.75, 3.05) is 0 Å². The zero-order valence-corrected chi connectivity index (χ0v) is 11.6. The number of aromatic nitrogens is 2. The largest absolute Gasteiger partial charge is 0.339 e. The second kappa shape index (κ2) is 5.52. The zero-order valence-electron chi connectivity index (χ0n) is 11.6. The van der Waals surface area contributed by atoms with Gasteiger partial charge in [-0.15, -0.1) is 0 Å². The van der Waals surface area contributed by atoms with Gasteiger partial charge in [0.15, 0.2) is 5.82 Å². The fourth-order valence-electron chi connectivity index (χ4n) is 2.79. The summed E-state index contributed by atoms with van der Waals surface area (Å²) in [6.07, 6.45) is 4.76. The van der Waals surface area contributed by atoms with Gasteiger partial charge >= 0.3 is 0 Å². The summed E-state index contributed by atoms with van der Waals surface area (Å²) in [6, 6.07) is 3.74. The van der Waals surface area contributed by atoms with Crippen LogP contribution in [-0.2, 0) is 12.0 Å². The molecule has 0 radical (unpaired) electrons. The van der Waals surface area contributed by atoms with Crippen molar-refractivity contribution in [3.05, 3.63) is 47.1 Å². The Kier molecular flexibility index (Phi) is 3.71. The molecule has 112 valence electrons. The highest BCUT2D eigenvalue weighted by Gasteiger charge is 2.34. The van der Waals surface area contributed by atoms with Gasteiger partial charge in [-0.25, -0.2) is 8.78 Å². The van der Waals surface area contributed by atoms with Gasteiger partial charge in [-0.1, -0.05) is 30.5 Å². The van der Waals surface area contributed by atoms with Crippen LogP contribution in [-0.4, -0.2) is 10.1 Å². The quantitative estimate of drug-likeness (QED) is 0.944. The predicted molar refractivity (Wildman–Crippen MR) is 72.4 cm³/mol. The molecule has 0 amide bonds. The number of rotatable bonds is 3. The number of nitrogens with zero attached hydrogens (tertiary/aromatic N) is 2. The van der Waals surface area contributed by atoms with Crippen LogP contribution in [0.1, 0.15) is 49.4 Å². The van der Waals surface area contributed by atoms with Crippen molar-refractivity contribution in [1.82, 2.24) is 10.1 Å². The molecule has 1 aliphatic carbocycles. The SMILES string of the molecule is NC1(c2noc(Cc3c(F)cccc3F)n2)CCCCC1. The smallest absolute Gasteiger partial charge is 0.231 e. The van der Waals surface area contributed by atoms with Gasteiger partial charge in [-0.2, -0.15) is 4.98 Å². The number of hydrogen-bond donors (Lipinski definition) is 1. The molecule has 3 rings (SSSR count). The van der Waals surface area contributed by atoms with Crippen LogP contribution in [0.3, 0.4) is 0 Å². The average Bonchev–Trinajstić information content (AvgIpc) is 2.93. The number of halogens is 2. The Morgan fingerprint density at radius 1 is 1.14 bits per heavy atom. The van der Waals surface area contributed by atoms with Crippen molar-refractivity contribution >= 4 is 0 Å². The summed E-state index contributed by atoms with van der Waals surface area (Å²) in [4.78, 5) is 4.25. The van der Waals surface area contributed by atoms with Crippen molar-refractivity contribution in [2.24, 2.45) is 5.73 Å². The van der Waals surface area contributed by atoms with Gasteiger partial charge in [0.2, 0.25) is 5.89 Å². The normalized spacial score (nSPS) is 17.9. The maximum absolute atomic E-state index is 13.6. The van der Waals surface area contributed by atoms with E-state index in [1.54, 1.807) is 0 Å². The van der Waals surface area contributed by atoms with E-state index in [-0.39, 0.29) is 17.9 Å². The van der Waals surface area contributed by atoms with E-state index < -0.39 is 17.2 Å². The predicted octanol–water partition coefficient (Wildman–Crippen LogP) is 3.06. The minimum absolute atomic E-state index is 0.0672. The van der Waals surface area contributed by atoms with E-state index in [4.69, 9.17) is 10.3 Å². The van der Waals surface area contributed by atoms with Crippen molar-refractivity contribution in [3.8, 4) is 0 Å². The molecule has 2 aromatic rings. The van der Waals surface area contributed by atoms with E-state index in [1.807, 2.05) is 0 Å². The summed E-state index contributed by atoms with van der Waals surface area (Å²) < 4.78 is 32.4. The summed E-state index contributed by atoms with van der Waals surface area (Å²) in [5, 5.41) is 3.91. The van der Waals surface area contributed by atoms with Crippen LogP contribution >= 0.6 is 0 Å². The van der Waals surface area contributed by atoms with E-state index in [2.05, 4.69) is 10.1 Å². The van der Waals surface area contributed by atoms with Crippen LogP contribution in [0.5, 0.6) is 0 Å². The van der Waals surface area contributed by atoms with Crippen molar-refractivity contribution < 1.29 is 13.3 Å². The molecule has 1 aromatic carbocycles. The lowest BCUT2D eigenvalue weighted by Crippen LogP contribution is -2.39. The fraction of sp³-hybridized carbons (Fsp3) is 0.467. The maximum Gasteiger partial charge on any atom is 0.231 e. The molecule has 0 bridgehead atoms. The van der Waals surface area contributed by atoms with E-state index >= 15 is 0 Å². The first kappa shape index (κ1) is 14.1. The number of nitrogens with two attached hydrogens (primary N) is 1. The lowest BCUT2D eigenvalue weighted by Gasteiger charge is -2.29. The van der Waals surface area contributed by atoms with Crippen LogP contribution in [0.4, 0.5) is 8.78 Å².